The van der Waals surface area contributed by atoms with Gasteiger partial charge in [0.2, 0.25) is 0 Å². The van der Waals surface area contributed by atoms with Crippen LogP contribution in [0.3, 0.4) is 0 Å². The van der Waals surface area contributed by atoms with E-state index in [1.807, 2.05) is 7.05 Å². The summed E-state index contributed by atoms with van der Waals surface area (Å²) in [7, 11) is 1.98. The molecule has 20 heavy (non-hydrogen) atoms. The Hall–Kier alpha value is -0.580. The maximum absolute atomic E-state index is 10.0. The summed E-state index contributed by atoms with van der Waals surface area (Å²) in [6, 6.07) is 6.97. The second-order valence-electron chi connectivity index (χ2n) is 6.19. The quantitative estimate of drug-likeness (QED) is 0.889. The Morgan fingerprint density at radius 1 is 1.35 bits per heavy atom. The van der Waals surface area contributed by atoms with Gasteiger partial charge < -0.3 is 15.3 Å². The van der Waals surface area contributed by atoms with E-state index in [0.29, 0.717) is 17.9 Å². The van der Waals surface area contributed by atoms with Gasteiger partial charge in [0, 0.05) is 35.2 Å². The molecular weight excluding hydrogens is 316 g/mol. The Morgan fingerprint density at radius 2 is 2.15 bits per heavy atom. The van der Waals surface area contributed by atoms with Crippen molar-refractivity contribution in [1.29, 1.82) is 0 Å². The smallest absolute Gasteiger partial charge is 0.0588 e. The third-order valence-corrected chi connectivity index (χ3v) is 5.75. The topological polar surface area (TPSA) is 35.5 Å². The number of halogens is 1. The van der Waals surface area contributed by atoms with Gasteiger partial charge >= 0.3 is 0 Å². The van der Waals surface area contributed by atoms with Crippen LogP contribution in [-0.2, 0) is 0 Å². The van der Waals surface area contributed by atoms with E-state index >= 15 is 0 Å². The predicted molar refractivity (Wildman–Crippen MR) is 86.1 cm³/mol. The van der Waals surface area contributed by atoms with Crippen LogP contribution >= 0.6 is 15.9 Å². The molecule has 1 saturated heterocycles. The summed E-state index contributed by atoms with van der Waals surface area (Å²) >= 11 is 3.69. The highest BCUT2D eigenvalue weighted by atomic mass is 79.9. The number of aliphatic hydroxyl groups is 1. The molecule has 2 aliphatic rings. The molecule has 0 radical (unpaired) electrons. The molecule has 110 valence electrons. The molecule has 1 aliphatic heterocycles. The van der Waals surface area contributed by atoms with Gasteiger partial charge in [0.15, 0.2) is 0 Å². The number of hydrogen-bond donors (Lipinski definition) is 2. The second kappa shape index (κ2) is 5.66. The van der Waals surface area contributed by atoms with Crippen LogP contribution in [0, 0.1) is 11.8 Å². The first-order chi connectivity index (χ1) is 9.60. The maximum atomic E-state index is 10.0. The largest absolute Gasteiger partial charge is 0.393 e. The molecule has 1 aliphatic carbocycles. The van der Waals surface area contributed by atoms with Crippen molar-refractivity contribution in [2.24, 2.45) is 11.8 Å². The molecule has 0 spiro atoms. The van der Waals surface area contributed by atoms with Crippen molar-refractivity contribution in [1.82, 2.24) is 5.32 Å². The van der Waals surface area contributed by atoms with E-state index in [1.165, 1.54) is 17.7 Å². The third kappa shape index (κ3) is 2.49. The van der Waals surface area contributed by atoms with Gasteiger partial charge in [-0.05, 0) is 50.4 Å². The Bertz CT molecular complexity index is 493. The molecule has 3 nitrogen and oxygen atoms in total. The average Bonchev–Trinajstić information content (AvgIpc) is 3.00. The van der Waals surface area contributed by atoms with Gasteiger partial charge in [-0.3, -0.25) is 0 Å². The molecule has 1 aromatic rings. The van der Waals surface area contributed by atoms with Crippen LogP contribution < -0.4 is 10.2 Å². The number of nitrogens with one attached hydrogen (secondary N) is 1. The fraction of sp³-hybridized carbons (Fsp3) is 0.625. The molecule has 0 amide bonds. The van der Waals surface area contributed by atoms with Crippen molar-refractivity contribution >= 4 is 21.6 Å². The molecule has 4 heteroatoms. The van der Waals surface area contributed by atoms with Crippen molar-refractivity contribution in [3.05, 3.63) is 28.2 Å². The van der Waals surface area contributed by atoms with Crippen molar-refractivity contribution in [3.63, 3.8) is 0 Å². The van der Waals surface area contributed by atoms with Crippen LogP contribution in [0.1, 0.15) is 31.4 Å². The minimum absolute atomic E-state index is 0.0861. The first kappa shape index (κ1) is 14.4. The van der Waals surface area contributed by atoms with Gasteiger partial charge in [-0.2, -0.15) is 0 Å². The number of benzene rings is 1. The van der Waals surface area contributed by atoms with Gasteiger partial charge in [-0.25, -0.2) is 0 Å². The first-order valence-electron chi connectivity index (χ1n) is 7.50. The lowest BCUT2D eigenvalue weighted by Crippen LogP contribution is -2.24. The van der Waals surface area contributed by atoms with Crippen molar-refractivity contribution in [3.8, 4) is 0 Å². The SMILES string of the molecule is CNC(C)c1ccc(N2CC3CCC(O)C3C2)cc1Br. The summed E-state index contributed by atoms with van der Waals surface area (Å²) in [6.45, 7) is 4.25. The summed E-state index contributed by atoms with van der Waals surface area (Å²) < 4.78 is 1.16. The zero-order valence-corrected chi connectivity index (χ0v) is 13.7. The van der Waals surface area contributed by atoms with E-state index in [2.05, 4.69) is 51.3 Å². The van der Waals surface area contributed by atoms with Gasteiger partial charge in [0.1, 0.15) is 0 Å². The van der Waals surface area contributed by atoms with Crippen LogP contribution in [0.4, 0.5) is 5.69 Å². The molecule has 1 saturated carbocycles. The minimum atomic E-state index is -0.0861. The lowest BCUT2D eigenvalue weighted by molar-refractivity contribution is 0.133. The summed E-state index contributed by atoms with van der Waals surface area (Å²) in [6.07, 6.45) is 2.08. The van der Waals surface area contributed by atoms with Crippen LogP contribution in [-0.4, -0.2) is 31.3 Å². The molecule has 4 unspecified atom stereocenters. The number of nitrogens with zero attached hydrogens (tertiary/aromatic N) is 1. The van der Waals surface area contributed by atoms with E-state index in [-0.39, 0.29) is 6.10 Å². The normalized spacial score (nSPS) is 30.6. The fourth-order valence-corrected chi connectivity index (χ4v) is 4.38. The highest BCUT2D eigenvalue weighted by Gasteiger charge is 2.41. The molecule has 1 aromatic carbocycles. The zero-order chi connectivity index (χ0) is 14.3. The predicted octanol–water partition coefficient (Wildman–Crippen LogP) is 2.94. The molecule has 4 atom stereocenters. The van der Waals surface area contributed by atoms with Crippen LogP contribution in [0.15, 0.2) is 22.7 Å². The van der Waals surface area contributed by atoms with E-state index in [0.717, 1.165) is 24.0 Å². The van der Waals surface area contributed by atoms with Crippen LogP contribution in [0.2, 0.25) is 0 Å². The number of fused-ring (bicyclic) bond motifs is 1. The molecule has 3 rings (SSSR count). The molecule has 0 bridgehead atoms. The van der Waals surface area contributed by atoms with E-state index in [1.54, 1.807) is 0 Å². The summed E-state index contributed by atoms with van der Waals surface area (Å²) in [5.41, 5.74) is 2.56. The molecule has 2 N–H and O–H groups in total. The number of rotatable bonds is 3. The highest BCUT2D eigenvalue weighted by Crippen LogP contribution is 2.40. The first-order valence-corrected chi connectivity index (χ1v) is 8.29. The fourth-order valence-electron chi connectivity index (χ4n) is 3.67. The van der Waals surface area contributed by atoms with Gasteiger partial charge in [-0.1, -0.05) is 22.0 Å². The van der Waals surface area contributed by atoms with Gasteiger partial charge in [-0.15, -0.1) is 0 Å². The third-order valence-electron chi connectivity index (χ3n) is 5.07. The van der Waals surface area contributed by atoms with Crippen molar-refractivity contribution < 1.29 is 5.11 Å². The van der Waals surface area contributed by atoms with E-state index < -0.39 is 0 Å². The summed E-state index contributed by atoms with van der Waals surface area (Å²) in [5, 5.41) is 13.3. The van der Waals surface area contributed by atoms with Crippen molar-refractivity contribution in [2.45, 2.75) is 31.9 Å². The molecule has 0 aromatic heterocycles. The van der Waals surface area contributed by atoms with Gasteiger partial charge in [0.25, 0.3) is 0 Å². The second-order valence-corrected chi connectivity index (χ2v) is 7.04. The number of anilines is 1. The number of hydrogen-bond acceptors (Lipinski definition) is 3. The summed E-state index contributed by atoms with van der Waals surface area (Å²) in [4.78, 5) is 2.43. The highest BCUT2D eigenvalue weighted by molar-refractivity contribution is 9.10. The average molecular weight is 339 g/mol. The van der Waals surface area contributed by atoms with Gasteiger partial charge in [0.05, 0.1) is 6.10 Å². The molecule has 2 fully saturated rings. The standard InChI is InChI=1S/C16H23BrN2O/c1-10(18-2)13-5-4-12(7-15(13)17)19-8-11-3-6-16(20)14(11)9-19/h4-5,7,10-11,14,16,18,20H,3,6,8-9H2,1-2H3. The van der Waals surface area contributed by atoms with Crippen LogP contribution in [0.25, 0.3) is 0 Å². The lowest BCUT2D eigenvalue weighted by Gasteiger charge is -2.22. The van der Waals surface area contributed by atoms with Crippen LogP contribution in [0.5, 0.6) is 0 Å². The molecular formula is C16H23BrN2O. The van der Waals surface area contributed by atoms with E-state index in [4.69, 9.17) is 0 Å². The molecule has 1 heterocycles. The van der Waals surface area contributed by atoms with E-state index in [9.17, 15) is 5.11 Å². The summed E-state index contributed by atoms with van der Waals surface area (Å²) in [5.74, 6) is 1.16. The Balaban J connectivity index is 1.77. The minimum Gasteiger partial charge on any atom is -0.393 e. The Labute approximate surface area is 129 Å². The Kier molecular flexibility index (Phi) is 4.07. The Morgan fingerprint density at radius 3 is 2.80 bits per heavy atom. The monoisotopic (exact) mass is 338 g/mol. The van der Waals surface area contributed by atoms with Crippen molar-refractivity contribution in [2.75, 3.05) is 25.0 Å². The number of aliphatic hydroxyl groups excluding tert-OH is 1. The zero-order valence-electron chi connectivity index (χ0n) is 12.1. The lowest BCUT2D eigenvalue weighted by atomic mass is 10.00. The maximum Gasteiger partial charge on any atom is 0.0588 e.